The van der Waals surface area contributed by atoms with Gasteiger partial charge in [0.15, 0.2) is 0 Å². The predicted octanol–water partition coefficient (Wildman–Crippen LogP) is 3.34. The molecular weight excluding hydrogens is 284 g/mol. The van der Waals surface area contributed by atoms with E-state index in [1.165, 1.54) is 5.56 Å². The van der Waals surface area contributed by atoms with Gasteiger partial charge in [-0.2, -0.15) is 0 Å². The van der Waals surface area contributed by atoms with Gasteiger partial charge in [-0.1, -0.05) is 43.6 Å². The van der Waals surface area contributed by atoms with E-state index in [2.05, 4.69) is 30.5 Å². The van der Waals surface area contributed by atoms with Crippen molar-refractivity contribution < 1.29 is 4.79 Å². The van der Waals surface area contributed by atoms with Gasteiger partial charge in [-0.05, 0) is 43.2 Å². The molecule has 0 aliphatic heterocycles. The highest BCUT2D eigenvalue weighted by Gasteiger charge is 2.33. The first-order valence-corrected chi connectivity index (χ1v) is 8.13. The number of carbonyl (C=O) groups excluding carboxylic acids is 1. The molecule has 1 aliphatic rings. The molecule has 116 valence electrons. The molecule has 1 aromatic carbocycles. The van der Waals surface area contributed by atoms with Gasteiger partial charge in [0, 0.05) is 17.6 Å². The molecule has 1 aromatic rings. The molecule has 21 heavy (non-hydrogen) atoms. The van der Waals surface area contributed by atoms with Gasteiger partial charge >= 0.3 is 0 Å². The number of benzene rings is 1. The van der Waals surface area contributed by atoms with Crippen LogP contribution in [0.3, 0.4) is 0 Å². The van der Waals surface area contributed by atoms with Crippen molar-refractivity contribution in [3.8, 4) is 0 Å². The van der Waals surface area contributed by atoms with Crippen molar-refractivity contribution in [1.82, 2.24) is 10.6 Å². The van der Waals surface area contributed by atoms with Gasteiger partial charge in [0.1, 0.15) is 0 Å². The molecule has 1 fully saturated rings. The van der Waals surface area contributed by atoms with Gasteiger partial charge in [0.25, 0.3) is 0 Å². The maximum atomic E-state index is 11.9. The van der Waals surface area contributed by atoms with Gasteiger partial charge in [0.2, 0.25) is 5.91 Å². The van der Waals surface area contributed by atoms with Crippen molar-refractivity contribution in [1.29, 1.82) is 0 Å². The van der Waals surface area contributed by atoms with Crippen molar-refractivity contribution in [2.75, 3.05) is 6.54 Å². The number of carbonyl (C=O) groups is 1. The summed E-state index contributed by atoms with van der Waals surface area (Å²) in [7, 11) is 0. The van der Waals surface area contributed by atoms with E-state index in [0.717, 1.165) is 24.4 Å². The van der Waals surface area contributed by atoms with E-state index in [0.29, 0.717) is 17.9 Å². The Labute approximate surface area is 132 Å². The molecule has 2 rings (SSSR count). The predicted molar refractivity (Wildman–Crippen MR) is 87.7 cm³/mol. The van der Waals surface area contributed by atoms with Crippen molar-refractivity contribution in [3.63, 3.8) is 0 Å². The molecule has 0 heterocycles. The lowest BCUT2D eigenvalue weighted by molar-refractivity contribution is -0.123. The number of rotatable bonds is 6. The Kier molecular flexibility index (Phi) is 5.65. The molecule has 3 nitrogen and oxygen atoms in total. The molecule has 1 aliphatic carbocycles. The summed E-state index contributed by atoms with van der Waals surface area (Å²) in [6, 6.07) is 8.31. The van der Waals surface area contributed by atoms with Gasteiger partial charge in [-0.3, -0.25) is 4.79 Å². The Hall–Kier alpha value is -1.06. The lowest BCUT2D eigenvalue weighted by atomic mass is 9.75. The molecule has 0 spiro atoms. The minimum atomic E-state index is -0.138. The van der Waals surface area contributed by atoms with Gasteiger partial charge in [0.05, 0.1) is 6.04 Å². The van der Waals surface area contributed by atoms with Crippen LogP contribution in [0.15, 0.2) is 24.3 Å². The molecule has 0 saturated heterocycles. The molecule has 1 saturated carbocycles. The van der Waals surface area contributed by atoms with Crippen LogP contribution in [0.25, 0.3) is 0 Å². The standard InChI is InChI=1S/C17H25ClN2O/c1-11(2)10-19-17(21)12(3)20-14-8-13(9-14)15-6-4-5-7-16(15)18/h4-7,11-14,20H,8-10H2,1-3H3,(H,19,21). The summed E-state index contributed by atoms with van der Waals surface area (Å²) in [6.07, 6.45) is 2.09. The van der Waals surface area contributed by atoms with Crippen molar-refractivity contribution in [2.45, 2.75) is 51.6 Å². The SMILES string of the molecule is CC(C)CNC(=O)C(C)NC1CC(c2ccccc2Cl)C1. The maximum absolute atomic E-state index is 11.9. The highest BCUT2D eigenvalue weighted by Crippen LogP contribution is 2.39. The molecule has 2 N–H and O–H groups in total. The molecule has 0 radical (unpaired) electrons. The van der Waals surface area contributed by atoms with Crippen LogP contribution in [-0.4, -0.2) is 24.5 Å². The zero-order chi connectivity index (χ0) is 15.4. The third-order valence-corrected chi connectivity index (χ3v) is 4.39. The van der Waals surface area contributed by atoms with Crippen LogP contribution in [0.2, 0.25) is 5.02 Å². The van der Waals surface area contributed by atoms with E-state index >= 15 is 0 Å². The largest absolute Gasteiger partial charge is 0.354 e. The van der Waals surface area contributed by atoms with E-state index in [1.807, 2.05) is 25.1 Å². The Balaban J connectivity index is 1.75. The monoisotopic (exact) mass is 308 g/mol. The van der Waals surface area contributed by atoms with E-state index in [-0.39, 0.29) is 11.9 Å². The Bertz CT molecular complexity index is 483. The summed E-state index contributed by atoms with van der Waals surface area (Å²) >= 11 is 6.22. The average Bonchev–Trinajstić information content (AvgIpc) is 2.40. The summed E-state index contributed by atoms with van der Waals surface area (Å²) < 4.78 is 0. The van der Waals surface area contributed by atoms with Crippen molar-refractivity contribution in [3.05, 3.63) is 34.9 Å². The molecule has 1 atom stereocenters. The van der Waals surface area contributed by atoms with Crippen LogP contribution in [0.1, 0.15) is 45.1 Å². The first-order valence-electron chi connectivity index (χ1n) is 7.75. The van der Waals surface area contributed by atoms with E-state index in [4.69, 9.17) is 11.6 Å². The lowest BCUT2D eigenvalue weighted by Crippen LogP contribution is -2.51. The highest BCUT2D eigenvalue weighted by atomic mass is 35.5. The fraction of sp³-hybridized carbons (Fsp3) is 0.588. The summed E-state index contributed by atoms with van der Waals surface area (Å²) in [5.74, 6) is 1.08. The second-order valence-electron chi connectivity index (χ2n) is 6.41. The van der Waals surface area contributed by atoms with Crippen LogP contribution in [-0.2, 0) is 4.79 Å². The van der Waals surface area contributed by atoms with Gasteiger partial charge in [-0.15, -0.1) is 0 Å². The van der Waals surface area contributed by atoms with Crippen LogP contribution >= 0.6 is 11.6 Å². The molecule has 1 amide bonds. The van der Waals surface area contributed by atoms with E-state index in [9.17, 15) is 4.79 Å². The molecular formula is C17H25ClN2O. The maximum Gasteiger partial charge on any atom is 0.236 e. The van der Waals surface area contributed by atoms with Crippen molar-refractivity contribution >= 4 is 17.5 Å². The molecule has 4 heteroatoms. The zero-order valence-corrected chi connectivity index (χ0v) is 13.8. The Morgan fingerprint density at radius 2 is 1.95 bits per heavy atom. The van der Waals surface area contributed by atoms with Gasteiger partial charge < -0.3 is 10.6 Å². The number of nitrogens with one attached hydrogen (secondary N) is 2. The molecule has 1 unspecified atom stereocenters. The first-order chi connectivity index (χ1) is 9.97. The number of hydrogen-bond donors (Lipinski definition) is 2. The second kappa shape index (κ2) is 7.28. The summed E-state index contributed by atoms with van der Waals surface area (Å²) in [6.45, 7) is 6.85. The highest BCUT2D eigenvalue weighted by molar-refractivity contribution is 6.31. The molecule has 0 bridgehead atoms. The lowest BCUT2D eigenvalue weighted by Gasteiger charge is -2.38. The number of amides is 1. The minimum Gasteiger partial charge on any atom is -0.354 e. The van der Waals surface area contributed by atoms with Crippen LogP contribution in [0.4, 0.5) is 0 Å². The van der Waals surface area contributed by atoms with Crippen LogP contribution in [0.5, 0.6) is 0 Å². The van der Waals surface area contributed by atoms with Crippen LogP contribution in [0, 0.1) is 5.92 Å². The van der Waals surface area contributed by atoms with E-state index < -0.39 is 0 Å². The summed E-state index contributed by atoms with van der Waals surface area (Å²) in [5, 5.41) is 7.22. The smallest absolute Gasteiger partial charge is 0.236 e. The fourth-order valence-corrected chi connectivity index (χ4v) is 2.99. The first kappa shape index (κ1) is 16.3. The van der Waals surface area contributed by atoms with E-state index in [1.54, 1.807) is 0 Å². The van der Waals surface area contributed by atoms with Gasteiger partial charge in [-0.25, -0.2) is 0 Å². The van der Waals surface area contributed by atoms with Crippen LogP contribution < -0.4 is 10.6 Å². The third-order valence-electron chi connectivity index (χ3n) is 4.05. The quantitative estimate of drug-likeness (QED) is 0.846. The number of hydrogen-bond acceptors (Lipinski definition) is 2. The normalized spacial score (nSPS) is 22.7. The topological polar surface area (TPSA) is 41.1 Å². The third kappa shape index (κ3) is 4.45. The summed E-state index contributed by atoms with van der Waals surface area (Å²) in [5.41, 5.74) is 1.23. The fourth-order valence-electron chi connectivity index (χ4n) is 2.70. The number of halogens is 1. The van der Waals surface area contributed by atoms with Crippen molar-refractivity contribution in [2.24, 2.45) is 5.92 Å². The minimum absolute atomic E-state index is 0.0879. The zero-order valence-electron chi connectivity index (χ0n) is 13.0. The Morgan fingerprint density at radius 1 is 1.29 bits per heavy atom. The Morgan fingerprint density at radius 3 is 2.57 bits per heavy atom. The summed E-state index contributed by atoms with van der Waals surface area (Å²) in [4.78, 5) is 11.9. The second-order valence-corrected chi connectivity index (χ2v) is 6.82. The average molecular weight is 309 g/mol. The molecule has 0 aromatic heterocycles.